The highest BCUT2D eigenvalue weighted by Gasteiger charge is 2.18. The maximum absolute atomic E-state index is 12.3. The molecule has 0 unspecified atom stereocenters. The van der Waals surface area contributed by atoms with Crippen LogP contribution in [0.4, 0.5) is 5.69 Å². The Balaban J connectivity index is 2.15. The van der Waals surface area contributed by atoms with E-state index in [0.29, 0.717) is 11.3 Å². The van der Waals surface area contributed by atoms with E-state index in [1.54, 1.807) is 0 Å². The number of rotatable bonds is 4. The Labute approximate surface area is 120 Å². The Bertz CT molecular complexity index is 609. The van der Waals surface area contributed by atoms with E-state index in [2.05, 4.69) is 24.4 Å². The van der Waals surface area contributed by atoms with Crippen molar-refractivity contribution in [2.24, 2.45) is 0 Å². The summed E-state index contributed by atoms with van der Waals surface area (Å²) in [7, 11) is 0. The molecule has 1 aromatic heterocycles. The average molecular weight is 271 g/mol. The van der Waals surface area contributed by atoms with Crippen LogP contribution < -0.4 is 5.32 Å². The first-order valence-electron chi connectivity index (χ1n) is 6.99. The van der Waals surface area contributed by atoms with Crippen LogP contribution in [0, 0.1) is 20.8 Å². The van der Waals surface area contributed by atoms with Gasteiger partial charge in [0, 0.05) is 11.3 Å². The molecule has 0 saturated heterocycles. The topological polar surface area (TPSA) is 42.2 Å². The fourth-order valence-electron chi connectivity index (χ4n) is 2.36. The van der Waals surface area contributed by atoms with Crippen molar-refractivity contribution in [3.63, 3.8) is 0 Å². The van der Waals surface area contributed by atoms with E-state index in [4.69, 9.17) is 4.42 Å². The molecule has 1 aromatic carbocycles. The Morgan fingerprint density at radius 2 is 1.75 bits per heavy atom. The van der Waals surface area contributed by atoms with Crippen LogP contribution in [0.25, 0.3) is 0 Å². The lowest BCUT2D eigenvalue weighted by molar-refractivity contribution is 0.102. The van der Waals surface area contributed by atoms with Gasteiger partial charge in [-0.05, 0) is 44.9 Å². The number of amides is 1. The van der Waals surface area contributed by atoms with Gasteiger partial charge in [0.25, 0.3) is 5.91 Å². The Morgan fingerprint density at radius 1 is 1.10 bits per heavy atom. The predicted molar refractivity (Wildman–Crippen MR) is 81.3 cm³/mol. The molecule has 0 atom stereocenters. The quantitative estimate of drug-likeness (QED) is 0.895. The molecule has 3 heteroatoms. The van der Waals surface area contributed by atoms with Crippen LogP contribution >= 0.6 is 0 Å². The minimum atomic E-state index is -0.111. The van der Waals surface area contributed by atoms with Crippen LogP contribution in [0.3, 0.4) is 0 Å². The van der Waals surface area contributed by atoms with E-state index in [9.17, 15) is 4.79 Å². The molecule has 0 fully saturated rings. The van der Waals surface area contributed by atoms with Gasteiger partial charge in [0.05, 0.1) is 5.56 Å². The first kappa shape index (κ1) is 14.4. The summed E-state index contributed by atoms with van der Waals surface area (Å²) in [5, 5.41) is 2.92. The molecule has 2 aromatic rings. The van der Waals surface area contributed by atoms with Crippen LogP contribution in [-0.2, 0) is 6.42 Å². The van der Waals surface area contributed by atoms with Gasteiger partial charge >= 0.3 is 0 Å². The smallest absolute Gasteiger partial charge is 0.259 e. The number of hydrogen-bond acceptors (Lipinski definition) is 2. The van der Waals surface area contributed by atoms with Crippen molar-refractivity contribution in [3.8, 4) is 0 Å². The number of anilines is 1. The minimum Gasteiger partial charge on any atom is -0.466 e. The van der Waals surface area contributed by atoms with Gasteiger partial charge in [-0.25, -0.2) is 0 Å². The molecular formula is C17H21NO2. The molecule has 0 aliphatic carbocycles. The summed E-state index contributed by atoms with van der Waals surface area (Å²) in [6, 6.07) is 8.00. The van der Waals surface area contributed by atoms with Gasteiger partial charge in [0.2, 0.25) is 0 Å². The Kier molecular flexibility index (Phi) is 4.28. The third kappa shape index (κ3) is 2.93. The van der Waals surface area contributed by atoms with Gasteiger partial charge < -0.3 is 9.73 Å². The molecule has 3 nitrogen and oxygen atoms in total. The summed E-state index contributed by atoms with van der Waals surface area (Å²) in [4.78, 5) is 12.3. The molecule has 1 heterocycles. The summed E-state index contributed by atoms with van der Waals surface area (Å²) in [6.07, 6.45) is 2.19. The molecule has 0 saturated carbocycles. The van der Waals surface area contributed by atoms with Gasteiger partial charge in [0.15, 0.2) is 0 Å². The summed E-state index contributed by atoms with van der Waals surface area (Å²) in [6.45, 7) is 7.76. The molecule has 0 radical (unpaired) electrons. The highest BCUT2D eigenvalue weighted by molar-refractivity contribution is 6.06. The van der Waals surface area contributed by atoms with Crippen molar-refractivity contribution >= 4 is 11.6 Å². The van der Waals surface area contributed by atoms with E-state index < -0.39 is 0 Å². The summed E-state index contributed by atoms with van der Waals surface area (Å²) < 4.78 is 5.49. The SMILES string of the molecule is CCCc1ccc(NC(=O)c2c(C)oc(C)c2C)cc1. The van der Waals surface area contributed by atoms with E-state index in [-0.39, 0.29) is 5.91 Å². The van der Waals surface area contributed by atoms with Crippen molar-refractivity contribution in [3.05, 3.63) is 52.5 Å². The van der Waals surface area contributed by atoms with Crippen molar-refractivity contribution in [1.29, 1.82) is 0 Å². The van der Waals surface area contributed by atoms with Crippen molar-refractivity contribution in [2.45, 2.75) is 40.5 Å². The second kappa shape index (κ2) is 5.95. The number of carbonyl (C=O) groups excluding carboxylic acids is 1. The number of carbonyl (C=O) groups is 1. The molecule has 1 N–H and O–H groups in total. The van der Waals surface area contributed by atoms with Crippen LogP contribution in [-0.4, -0.2) is 5.91 Å². The number of furan rings is 1. The zero-order valence-corrected chi connectivity index (χ0v) is 12.5. The number of aryl methyl sites for hydroxylation is 3. The normalized spacial score (nSPS) is 10.6. The highest BCUT2D eigenvalue weighted by atomic mass is 16.3. The van der Waals surface area contributed by atoms with E-state index in [1.807, 2.05) is 32.9 Å². The first-order valence-corrected chi connectivity index (χ1v) is 6.99. The van der Waals surface area contributed by atoms with Gasteiger partial charge in [-0.15, -0.1) is 0 Å². The van der Waals surface area contributed by atoms with Crippen molar-refractivity contribution < 1.29 is 9.21 Å². The van der Waals surface area contributed by atoms with E-state index in [0.717, 1.165) is 29.9 Å². The monoisotopic (exact) mass is 271 g/mol. The molecule has 0 spiro atoms. The summed E-state index contributed by atoms with van der Waals surface area (Å²) >= 11 is 0. The van der Waals surface area contributed by atoms with Gasteiger partial charge in [-0.1, -0.05) is 25.5 Å². The van der Waals surface area contributed by atoms with Gasteiger partial charge in [0.1, 0.15) is 11.5 Å². The molecule has 2 rings (SSSR count). The standard InChI is InChI=1S/C17H21NO2/c1-5-6-14-7-9-15(10-8-14)18-17(19)16-11(2)12(3)20-13(16)4/h7-10H,5-6H2,1-4H3,(H,18,19). The summed E-state index contributed by atoms with van der Waals surface area (Å²) in [5.74, 6) is 1.35. The lowest BCUT2D eigenvalue weighted by atomic mass is 10.1. The molecule has 20 heavy (non-hydrogen) atoms. The molecule has 1 amide bonds. The van der Waals surface area contributed by atoms with Crippen LogP contribution in [0.5, 0.6) is 0 Å². The Hall–Kier alpha value is -2.03. The minimum absolute atomic E-state index is 0.111. The third-order valence-corrected chi connectivity index (χ3v) is 3.54. The highest BCUT2D eigenvalue weighted by Crippen LogP contribution is 2.22. The zero-order chi connectivity index (χ0) is 14.7. The van der Waals surface area contributed by atoms with E-state index >= 15 is 0 Å². The maximum Gasteiger partial charge on any atom is 0.259 e. The molecule has 0 aliphatic heterocycles. The van der Waals surface area contributed by atoms with Crippen LogP contribution in [0.2, 0.25) is 0 Å². The van der Waals surface area contributed by atoms with Crippen molar-refractivity contribution in [2.75, 3.05) is 5.32 Å². The average Bonchev–Trinajstić information content (AvgIpc) is 2.66. The molecule has 0 bridgehead atoms. The number of benzene rings is 1. The first-order chi connectivity index (χ1) is 9.52. The molecule has 0 aliphatic rings. The number of nitrogens with one attached hydrogen (secondary N) is 1. The van der Waals surface area contributed by atoms with Gasteiger partial charge in [-0.2, -0.15) is 0 Å². The second-order valence-corrected chi connectivity index (χ2v) is 5.12. The number of hydrogen-bond donors (Lipinski definition) is 1. The molecule has 106 valence electrons. The molecular weight excluding hydrogens is 250 g/mol. The van der Waals surface area contributed by atoms with E-state index in [1.165, 1.54) is 5.56 Å². The fraction of sp³-hybridized carbons (Fsp3) is 0.353. The van der Waals surface area contributed by atoms with Crippen LogP contribution in [0.15, 0.2) is 28.7 Å². The summed E-state index contributed by atoms with van der Waals surface area (Å²) in [5.41, 5.74) is 3.65. The Morgan fingerprint density at radius 3 is 2.25 bits per heavy atom. The lowest BCUT2D eigenvalue weighted by Gasteiger charge is -2.06. The largest absolute Gasteiger partial charge is 0.466 e. The van der Waals surface area contributed by atoms with Crippen LogP contribution in [0.1, 0.15) is 46.3 Å². The second-order valence-electron chi connectivity index (χ2n) is 5.12. The third-order valence-electron chi connectivity index (χ3n) is 3.54. The lowest BCUT2D eigenvalue weighted by Crippen LogP contribution is -2.13. The fourth-order valence-corrected chi connectivity index (χ4v) is 2.36. The van der Waals surface area contributed by atoms with Crippen molar-refractivity contribution in [1.82, 2.24) is 0 Å². The predicted octanol–water partition coefficient (Wildman–Crippen LogP) is 4.41. The maximum atomic E-state index is 12.3. The van der Waals surface area contributed by atoms with Gasteiger partial charge in [-0.3, -0.25) is 4.79 Å². The zero-order valence-electron chi connectivity index (χ0n) is 12.5.